The molecular formula is C9H18N2. The second kappa shape index (κ2) is 7.45. The third-order valence-corrected chi connectivity index (χ3v) is 1.72. The second-order valence-electron chi connectivity index (χ2n) is 2.83. The van der Waals surface area contributed by atoms with Crippen molar-refractivity contribution in [3.63, 3.8) is 0 Å². The maximum absolute atomic E-state index is 7.17. The molecule has 0 amide bonds. The van der Waals surface area contributed by atoms with Gasteiger partial charge in [0, 0.05) is 11.9 Å². The van der Waals surface area contributed by atoms with Gasteiger partial charge in [-0.1, -0.05) is 32.6 Å². The van der Waals surface area contributed by atoms with E-state index in [0.717, 1.165) is 19.1 Å². The van der Waals surface area contributed by atoms with Gasteiger partial charge < -0.3 is 10.8 Å². The Morgan fingerprint density at radius 1 is 1.18 bits per heavy atom. The van der Waals surface area contributed by atoms with Crippen molar-refractivity contribution in [3.05, 3.63) is 0 Å². The van der Waals surface area contributed by atoms with Crippen LogP contribution in [-0.2, 0) is 0 Å². The Hall–Kier alpha value is -0.660. The molecule has 0 saturated carbocycles. The molecule has 0 aliphatic heterocycles. The summed E-state index contributed by atoms with van der Waals surface area (Å²) < 4.78 is 0. The minimum absolute atomic E-state index is 0.460. The molecule has 0 radical (unpaired) electrons. The monoisotopic (exact) mass is 154 g/mol. The summed E-state index contributed by atoms with van der Waals surface area (Å²) in [6.07, 6.45) is 8.06. The predicted molar refractivity (Wildman–Crippen MR) is 49.9 cm³/mol. The van der Waals surface area contributed by atoms with Crippen LogP contribution >= 0.6 is 0 Å². The first-order valence-corrected chi connectivity index (χ1v) is 4.39. The third-order valence-electron chi connectivity index (χ3n) is 1.72. The highest BCUT2D eigenvalue weighted by molar-refractivity contribution is 6.27. The Balaban J connectivity index is 3.01. The molecule has 2 heteroatoms. The summed E-state index contributed by atoms with van der Waals surface area (Å²) >= 11 is 0. The van der Waals surface area contributed by atoms with Crippen LogP contribution in [0.2, 0.25) is 0 Å². The van der Waals surface area contributed by atoms with Gasteiger partial charge in [-0.05, 0) is 12.8 Å². The molecule has 0 fully saturated rings. The fourth-order valence-electron chi connectivity index (χ4n) is 0.991. The Morgan fingerprint density at radius 3 is 2.36 bits per heavy atom. The smallest absolute Gasteiger partial charge is 0.0489 e. The van der Waals surface area contributed by atoms with E-state index in [0.29, 0.717) is 5.71 Å². The minimum Gasteiger partial charge on any atom is -0.307 e. The Morgan fingerprint density at radius 2 is 1.82 bits per heavy atom. The quantitative estimate of drug-likeness (QED) is 0.418. The third kappa shape index (κ3) is 7.23. The molecule has 0 bridgehead atoms. The molecule has 2 N–H and O–H groups in total. The van der Waals surface area contributed by atoms with Crippen LogP contribution < -0.4 is 0 Å². The molecule has 0 aliphatic carbocycles. The summed E-state index contributed by atoms with van der Waals surface area (Å²) in [4.78, 5) is 0. The first-order chi connectivity index (χ1) is 5.31. The van der Waals surface area contributed by atoms with Crippen LogP contribution in [-0.4, -0.2) is 11.9 Å². The molecule has 0 rings (SSSR count). The average Bonchev–Trinajstić information content (AvgIpc) is 2.04. The normalized spacial score (nSPS) is 9.55. The highest BCUT2D eigenvalue weighted by Crippen LogP contribution is 2.04. The molecule has 11 heavy (non-hydrogen) atoms. The largest absolute Gasteiger partial charge is 0.307 e. The maximum Gasteiger partial charge on any atom is 0.0489 e. The van der Waals surface area contributed by atoms with Crippen molar-refractivity contribution in [1.29, 1.82) is 10.8 Å². The molecule has 0 aliphatic rings. The summed E-state index contributed by atoms with van der Waals surface area (Å²) in [6, 6.07) is 0. The molecule has 0 saturated heterocycles. The topological polar surface area (TPSA) is 47.7 Å². The SMILES string of the molecule is CCCCCCCC(=N)C=N. The first kappa shape index (κ1) is 10.3. The van der Waals surface area contributed by atoms with Crippen LogP contribution in [0.1, 0.15) is 45.4 Å². The molecule has 0 unspecified atom stereocenters. The standard InChI is InChI=1S/C9H18N2/c1-2-3-4-5-6-7-9(11)8-10/h8,10-11H,2-7H2,1H3. The van der Waals surface area contributed by atoms with E-state index in [4.69, 9.17) is 10.8 Å². The zero-order valence-electron chi connectivity index (χ0n) is 7.32. The lowest BCUT2D eigenvalue weighted by Crippen LogP contribution is -1.95. The number of rotatable bonds is 7. The van der Waals surface area contributed by atoms with Crippen molar-refractivity contribution < 1.29 is 0 Å². The van der Waals surface area contributed by atoms with E-state index in [2.05, 4.69) is 6.92 Å². The van der Waals surface area contributed by atoms with Gasteiger partial charge in [-0.15, -0.1) is 0 Å². The molecule has 0 atom stereocenters. The fraction of sp³-hybridized carbons (Fsp3) is 0.778. The molecular weight excluding hydrogens is 136 g/mol. The summed E-state index contributed by atoms with van der Waals surface area (Å²) in [7, 11) is 0. The lowest BCUT2D eigenvalue weighted by Gasteiger charge is -1.97. The molecule has 0 aromatic heterocycles. The van der Waals surface area contributed by atoms with Crippen LogP contribution in [0.4, 0.5) is 0 Å². The molecule has 0 aromatic carbocycles. The number of nitrogens with one attached hydrogen (secondary N) is 2. The Bertz CT molecular complexity index is 119. The predicted octanol–water partition coefficient (Wildman–Crippen LogP) is 3.02. The van der Waals surface area contributed by atoms with E-state index in [-0.39, 0.29) is 0 Å². The van der Waals surface area contributed by atoms with Gasteiger partial charge in [0.1, 0.15) is 0 Å². The van der Waals surface area contributed by atoms with Gasteiger partial charge in [0.15, 0.2) is 0 Å². The van der Waals surface area contributed by atoms with E-state index >= 15 is 0 Å². The highest BCUT2D eigenvalue weighted by atomic mass is 14.4. The minimum atomic E-state index is 0.460. The molecule has 0 spiro atoms. The first-order valence-electron chi connectivity index (χ1n) is 4.39. The lowest BCUT2D eigenvalue weighted by atomic mass is 10.1. The van der Waals surface area contributed by atoms with Crippen LogP contribution in [0.15, 0.2) is 0 Å². The van der Waals surface area contributed by atoms with Gasteiger partial charge in [0.2, 0.25) is 0 Å². The Labute approximate surface area is 69.0 Å². The zero-order valence-corrected chi connectivity index (χ0v) is 7.32. The number of hydrogen-bond donors (Lipinski definition) is 2. The number of unbranched alkanes of at least 4 members (excludes halogenated alkanes) is 4. The van der Waals surface area contributed by atoms with Crippen molar-refractivity contribution >= 4 is 11.9 Å². The summed E-state index contributed by atoms with van der Waals surface area (Å²) in [5, 5.41) is 14.0. The van der Waals surface area contributed by atoms with Crippen LogP contribution in [0.5, 0.6) is 0 Å². The maximum atomic E-state index is 7.17. The van der Waals surface area contributed by atoms with Gasteiger partial charge in [0.25, 0.3) is 0 Å². The van der Waals surface area contributed by atoms with Gasteiger partial charge in [-0.25, -0.2) is 0 Å². The zero-order chi connectivity index (χ0) is 8.53. The van der Waals surface area contributed by atoms with E-state index in [1.807, 2.05) is 0 Å². The van der Waals surface area contributed by atoms with Crippen LogP contribution in [0.25, 0.3) is 0 Å². The summed E-state index contributed by atoms with van der Waals surface area (Å²) in [5.74, 6) is 0. The average molecular weight is 154 g/mol. The van der Waals surface area contributed by atoms with Crippen molar-refractivity contribution in [2.75, 3.05) is 0 Å². The van der Waals surface area contributed by atoms with Crippen molar-refractivity contribution in [1.82, 2.24) is 0 Å². The van der Waals surface area contributed by atoms with Gasteiger partial charge >= 0.3 is 0 Å². The Kier molecular flexibility index (Phi) is 7.00. The van der Waals surface area contributed by atoms with Gasteiger partial charge in [-0.2, -0.15) is 0 Å². The van der Waals surface area contributed by atoms with E-state index in [1.54, 1.807) is 0 Å². The summed E-state index contributed by atoms with van der Waals surface area (Å²) in [6.45, 7) is 2.19. The van der Waals surface area contributed by atoms with E-state index < -0.39 is 0 Å². The molecule has 2 nitrogen and oxygen atoms in total. The van der Waals surface area contributed by atoms with Crippen LogP contribution in [0, 0.1) is 10.8 Å². The second-order valence-corrected chi connectivity index (χ2v) is 2.83. The summed E-state index contributed by atoms with van der Waals surface area (Å²) in [5.41, 5.74) is 0.460. The molecule has 0 heterocycles. The molecule has 64 valence electrons. The van der Waals surface area contributed by atoms with Crippen molar-refractivity contribution in [3.8, 4) is 0 Å². The number of hydrogen-bond acceptors (Lipinski definition) is 2. The van der Waals surface area contributed by atoms with E-state index in [9.17, 15) is 0 Å². The van der Waals surface area contributed by atoms with Gasteiger partial charge in [0.05, 0.1) is 0 Å². The van der Waals surface area contributed by atoms with Crippen molar-refractivity contribution in [2.45, 2.75) is 45.4 Å². The lowest BCUT2D eigenvalue weighted by molar-refractivity contribution is 0.644. The van der Waals surface area contributed by atoms with E-state index in [1.165, 1.54) is 25.7 Å². The fourth-order valence-corrected chi connectivity index (χ4v) is 0.991. The van der Waals surface area contributed by atoms with Crippen molar-refractivity contribution in [2.24, 2.45) is 0 Å². The van der Waals surface area contributed by atoms with Gasteiger partial charge in [-0.3, -0.25) is 0 Å². The highest BCUT2D eigenvalue weighted by Gasteiger charge is 1.92. The van der Waals surface area contributed by atoms with Crippen LogP contribution in [0.3, 0.4) is 0 Å². The molecule has 0 aromatic rings.